The Kier molecular flexibility index (Phi) is 3.64. The summed E-state index contributed by atoms with van der Waals surface area (Å²) < 4.78 is 1.98. The van der Waals surface area contributed by atoms with E-state index in [0.717, 1.165) is 24.0 Å². The van der Waals surface area contributed by atoms with Crippen molar-refractivity contribution in [2.24, 2.45) is 7.05 Å². The predicted molar refractivity (Wildman–Crippen MR) is 63.0 cm³/mol. The highest BCUT2D eigenvalue weighted by Crippen LogP contribution is 2.25. The highest BCUT2D eigenvalue weighted by Gasteiger charge is 2.22. The van der Waals surface area contributed by atoms with Crippen LogP contribution >= 0.6 is 11.8 Å². The molecule has 1 aliphatic rings. The van der Waals surface area contributed by atoms with Crippen LogP contribution in [-0.2, 0) is 13.5 Å². The van der Waals surface area contributed by atoms with Crippen LogP contribution in [0.15, 0.2) is 6.33 Å². The van der Waals surface area contributed by atoms with Crippen LogP contribution in [0.3, 0.4) is 0 Å². The normalized spacial score (nSPS) is 26.0. The Morgan fingerprint density at radius 1 is 1.67 bits per heavy atom. The van der Waals surface area contributed by atoms with Crippen molar-refractivity contribution in [1.29, 1.82) is 0 Å². The summed E-state index contributed by atoms with van der Waals surface area (Å²) in [5.41, 5.74) is 0. The molecule has 84 valence electrons. The summed E-state index contributed by atoms with van der Waals surface area (Å²) in [6.45, 7) is 3.31. The number of aromatic nitrogens is 3. The summed E-state index contributed by atoms with van der Waals surface area (Å²) in [6, 6.07) is 0.684. The van der Waals surface area contributed by atoms with E-state index >= 15 is 0 Å². The van der Waals surface area contributed by atoms with Gasteiger partial charge >= 0.3 is 0 Å². The van der Waals surface area contributed by atoms with Gasteiger partial charge in [0.25, 0.3) is 0 Å². The number of rotatable bonds is 4. The lowest BCUT2D eigenvalue weighted by Crippen LogP contribution is -2.35. The van der Waals surface area contributed by atoms with Gasteiger partial charge in [-0.1, -0.05) is 6.92 Å². The van der Waals surface area contributed by atoms with E-state index in [0.29, 0.717) is 6.04 Å². The Morgan fingerprint density at radius 2 is 2.53 bits per heavy atom. The van der Waals surface area contributed by atoms with E-state index in [1.807, 2.05) is 11.6 Å². The van der Waals surface area contributed by atoms with Gasteiger partial charge in [0.1, 0.15) is 12.2 Å². The fourth-order valence-corrected chi connectivity index (χ4v) is 3.13. The van der Waals surface area contributed by atoms with Gasteiger partial charge in [-0.15, -0.1) is 10.2 Å². The van der Waals surface area contributed by atoms with Gasteiger partial charge in [-0.2, -0.15) is 11.8 Å². The van der Waals surface area contributed by atoms with Crippen LogP contribution in [0.2, 0.25) is 0 Å². The zero-order valence-electron chi connectivity index (χ0n) is 9.31. The number of nitrogens with one attached hydrogen (secondary N) is 1. The zero-order valence-corrected chi connectivity index (χ0v) is 10.1. The summed E-state index contributed by atoms with van der Waals surface area (Å²) in [7, 11) is 1.99. The molecule has 1 aliphatic heterocycles. The van der Waals surface area contributed by atoms with Gasteiger partial charge in [0.05, 0.1) is 0 Å². The highest BCUT2D eigenvalue weighted by atomic mass is 32.2. The van der Waals surface area contributed by atoms with Crippen LogP contribution in [0.4, 0.5) is 0 Å². The summed E-state index contributed by atoms with van der Waals surface area (Å²) in [6.07, 6.45) is 4.01. The van der Waals surface area contributed by atoms with Crippen molar-refractivity contribution in [3.63, 3.8) is 0 Å². The average Bonchev–Trinajstić information content (AvgIpc) is 2.78. The number of thioether (sulfide) groups is 1. The maximum absolute atomic E-state index is 4.07. The number of hydrogen-bond donors (Lipinski definition) is 1. The molecule has 0 aliphatic carbocycles. The molecule has 0 saturated carbocycles. The summed E-state index contributed by atoms with van der Waals surface area (Å²) in [5.74, 6) is 2.35. The van der Waals surface area contributed by atoms with E-state index < -0.39 is 0 Å². The van der Waals surface area contributed by atoms with Crippen molar-refractivity contribution in [3.8, 4) is 0 Å². The minimum absolute atomic E-state index is 0.684. The molecule has 0 bridgehead atoms. The van der Waals surface area contributed by atoms with Crippen LogP contribution in [0.1, 0.15) is 19.2 Å². The molecule has 1 N–H and O–H groups in total. The Bertz CT molecular complexity index is 312. The lowest BCUT2D eigenvalue weighted by atomic mass is 10.1. The lowest BCUT2D eigenvalue weighted by Gasteiger charge is -2.15. The molecular weight excluding hydrogens is 208 g/mol. The van der Waals surface area contributed by atoms with Gasteiger partial charge in [0.15, 0.2) is 0 Å². The Balaban J connectivity index is 1.73. The SMILES string of the molecule is CC1SCCC1NCCc1nncn1C. The molecule has 15 heavy (non-hydrogen) atoms. The smallest absolute Gasteiger partial charge is 0.133 e. The average molecular weight is 226 g/mol. The fraction of sp³-hybridized carbons (Fsp3) is 0.800. The van der Waals surface area contributed by atoms with Crippen LogP contribution in [0, 0.1) is 0 Å². The first-order valence-corrected chi connectivity index (χ1v) is 6.50. The second-order valence-corrected chi connectivity index (χ2v) is 5.52. The molecule has 0 amide bonds. The monoisotopic (exact) mass is 226 g/mol. The molecule has 0 aromatic carbocycles. The number of hydrogen-bond acceptors (Lipinski definition) is 4. The van der Waals surface area contributed by atoms with E-state index in [4.69, 9.17) is 0 Å². The second-order valence-electron chi connectivity index (χ2n) is 4.03. The fourth-order valence-electron chi connectivity index (χ4n) is 1.90. The summed E-state index contributed by atoms with van der Waals surface area (Å²) >= 11 is 2.06. The topological polar surface area (TPSA) is 42.7 Å². The molecule has 1 aromatic rings. The molecule has 5 heteroatoms. The van der Waals surface area contributed by atoms with Crippen molar-refractivity contribution >= 4 is 11.8 Å². The maximum atomic E-state index is 4.07. The van der Waals surface area contributed by atoms with Gasteiger partial charge in [-0.25, -0.2) is 0 Å². The van der Waals surface area contributed by atoms with Gasteiger partial charge in [0.2, 0.25) is 0 Å². The Morgan fingerprint density at radius 3 is 3.13 bits per heavy atom. The molecule has 2 atom stereocenters. The Labute approximate surface area is 94.8 Å². The molecular formula is C10H18N4S. The van der Waals surface area contributed by atoms with E-state index in [1.54, 1.807) is 6.33 Å². The third-order valence-corrected chi connectivity index (χ3v) is 4.26. The third kappa shape index (κ3) is 2.72. The zero-order chi connectivity index (χ0) is 10.7. The first-order valence-electron chi connectivity index (χ1n) is 5.45. The van der Waals surface area contributed by atoms with Gasteiger partial charge in [0, 0.05) is 31.3 Å². The number of nitrogens with zero attached hydrogens (tertiary/aromatic N) is 3. The van der Waals surface area contributed by atoms with Crippen LogP contribution < -0.4 is 5.32 Å². The molecule has 0 spiro atoms. The van der Waals surface area contributed by atoms with Crippen molar-refractivity contribution in [2.75, 3.05) is 12.3 Å². The molecule has 2 rings (SSSR count). The standard InChI is InChI=1S/C10H18N4S/c1-8-9(4-6-15-8)11-5-3-10-13-12-7-14(10)2/h7-9,11H,3-6H2,1-2H3. The predicted octanol–water partition coefficient (Wildman–Crippen LogP) is 0.841. The van der Waals surface area contributed by atoms with E-state index in [-0.39, 0.29) is 0 Å². The quantitative estimate of drug-likeness (QED) is 0.826. The first-order chi connectivity index (χ1) is 7.27. The minimum atomic E-state index is 0.684. The molecule has 1 fully saturated rings. The molecule has 2 heterocycles. The van der Waals surface area contributed by atoms with Crippen LogP contribution in [0.25, 0.3) is 0 Å². The van der Waals surface area contributed by atoms with Crippen molar-refractivity contribution < 1.29 is 0 Å². The Hall–Kier alpha value is -0.550. The van der Waals surface area contributed by atoms with E-state index in [2.05, 4.69) is 34.2 Å². The summed E-state index contributed by atoms with van der Waals surface area (Å²) in [5, 5.41) is 12.3. The molecule has 4 nitrogen and oxygen atoms in total. The maximum Gasteiger partial charge on any atom is 0.133 e. The lowest BCUT2D eigenvalue weighted by molar-refractivity contribution is 0.510. The number of aryl methyl sites for hydroxylation is 1. The molecule has 1 saturated heterocycles. The van der Waals surface area contributed by atoms with Crippen LogP contribution in [0.5, 0.6) is 0 Å². The van der Waals surface area contributed by atoms with Crippen LogP contribution in [-0.4, -0.2) is 38.4 Å². The molecule has 0 radical (unpaired) electrons. The van der Waals surface area contributed by atoms with Gasteiger partial charge in [-0.3, -0.25) is 0 Å². The van der Waals surface area contributed by atoms with Crippen molar-refractivity contribution in [1.82, 2.24) is 20.1 Å². The third-order valence-electron chi connectivity index (χ3n) is 2.94. The minimum Gasteiger partial charge on any atom is -0.321 e. The summed E-state index contributed by atoms with van der Waals surface area (Å²) in [4.78, 5) is 0. The van der Waals surface area contributed by atoms with E-state index in [1.165, 1.54) is 12.2 Å². The van der Waals surface area contributed by atoms with Crippen molar-refractivity contribution in [3.05, 3.63) is 12.2 Å². The van der Waals surface area contributed by atoms with Gasteiger partial charge in [-0.05, 0) is 12.2 Å². The molecule has 1 aromatic heterocycles. The highest BCUT2D eigenvalue weighted by molar-refractivity contribution is 8.00. The largest absolute Gasteiger partial charge is 0.321 e. The second kappa shape index (κ2) is 4.99. The van der Waals surface area contributed by atoms with E-state index in [9.17, 15) is 0 Å². The molecule has 2 unspecified atom stereocenters. The first kappa shape index (κ1) is 11.0. The van der Waals surface area contributed by atoms with Crippen molar-refractivity contribution in [2.45, 2.75) is 31.1 Å². The van der Waals surface area contributed by atoms with Gasteiger partial charge < -0.3 is 9.88 Å².